The number of aliphatic hydroxyl groups is 3. The molecule has 11 heteroatoms. The van der Waals surface area contributed by atoms with Crippen molar-refractivity contribution in [2.45, 2.75) is 65.1 Å². The minimum absolute atomic E-state index is 0.0512. The molecule has 1 aliphatic heterocycles. The molecule has 0 saturated heterocycles. The smallest absolute Gasteiger partial charge is 0.309 e. The number of thiazole rings is 1. The molecular formula is C30H43ClN2O7S. The molecule has 2 atom stereocenters. The number of allylic oxidation sites excluding steroid dienone is 1. The zero-order valence-electron chi connectivity index (χ0n) is 24.3. The molecule has 0 radical (unpaired) electrons. The Morgan fingerprint density at radius 2 is 2.00 bits per heavy atom. The number of carbonyl (C=O) groups excluding carboxylic acids is 1. The zero-order valence-corrected chi connectivity index (χ0v) is 25.8. The van der Waals surface area contributed by atoms with Crippen LogP contribution in [-0.4, -0.2) is 70.3 Å². The van der Waals surface area contributed by atoms with Crippen molar-refractivity contribution in [1.29, 1.82) is 0 Å². The van der Waals surface area contributed by atoms with Gasteiger partial charge >= 0.3 is 5.97 Å². The molecule has 41 heavy (non-hydrogen) atoms. The van der Waals surface area contributed by atoms with E-state index in [0.717, 1.165) is 23.4 Å². The summed E-state index contributed by atoms with van der Waals surface area (Å²) in [7, 11) is 1.00. The van der Waals surface area contributed by atoms with E-state index in [9.17, 15) is 14.7 Å². The predicted octanol–water partition coefficient (Wildman–Crippen LogP) is 4.98. The molecule has 1 aromatic heterocycles. The minimum atomic E-state index is -0.911. The molecule has 2 heterocycles. The van der Waals surface area contributed by atoms with E-state index >= 15 is 0 Å². The van der Waals surface area contributed by atoms with Gasteiger partial charge in [-0.3, -0.25) is 9.59 Å². The zero-order chi connectivity index (χ0) is 31.0. The minimum Gasteiger partial charge on any atom is -0.481 e. The number of amides is 1. The summed E-state index contributed by atoms with van der Waals surface area (Å²) in [4.78, 5) is 30.7. The number of benzene rings is 1. The average molecular weight is 611 g/mol. The fraction of sp³-hybridized carbons (Fsp3) is 0.500. The van der Waals surface area contributed by atoms with Crippen LogP contribution in [0.2, 0.25) is 5.02 Å². The summed E-state index contributed by atoms with van der Waals surface area (Å²) in [6.45, 7) is 9.44. The number of carboxylic acids is 1. The molecule has 3 rings (SSSR count). The summed E-state index contributed by atoms with van der Waals surface area (Å²) >= 11 is 7.79. The molecule has 2 aromatic rings. The van der Waals surface area contributed by atoms with Crippen LogP contribution in [0.5, 0.6) is 0 Å². The number of carboxylic acid groups (broad SMARTS) is 1. The number of hydrogen-bond donors (Lipinski definition) is 4. The lowest BCUT2D eigenvalue weighted by Gasteiger charge is -2.37. The van der Waals surface area contributed by atoms with Crippen molar-refractivity contribution < 1.29 is 34.8 Å². The van der Waals surface area contributed by atoms with Crippen LogP contribution < -0.4 is 4.90 Å². The van der Waals surface area contributed by atoms with Crippen LogP contribution in [0.3, 0.4) is 0 Å². The van der Waals surface area contributed by atoms with Crippen LogP contribution in [0.25, 0.3) is 0 Å². The van der Waals surface area contributed by atoms with Gasteiger partial charge in [-0.15, -0.1) is 17.9 Å². The molecular weight excluding hydrogens is 568 g/mol. The predicted molar refractivity (Wildman–Crippen MR) is 164 cm³/mol. The number of aryl methyl sites for hydroxylation is 1. The number of nitrogens with zero attached hydrogens (tertiary/aromatic N) is 2. The first-order valence-corrected chi connectivity index (χ1v) is 14.6. The second-order valence-corrected chi connectivity index (χ2v) is 11.5. The molecule has 0 saturated carbocycles. The average Bonchev–Trinajstić information content (AvgIpc) is 3.39. The monoisotopic (exact) mass is 610 g/mol. The Kier molecular flexibility index (Phi) is 16.7. The third kappa shape index (κ3) is 12.4. The molecule has 1 amide bonds. The van der Waals surface area contributed by atoms with Crippen molar-refractivity contribution in [3.05, 3.63) is 69.7 Å². The second-order valence-electron chi connectivity index (χ2n) is 10.1. The molecule has 0 aliphatic carbocycles. The fourth-order valence-corrected chi connectivity index (χ4v) is 5.06. The highest BCUT2D eigenvalue weighted by molar-refractivity contribution is 7.09. The van der Waals surface area contributed by atoms with Gasteiger partial charge in [0.1, 0.15) is 0 Å². The maximum atomic E-state index is 13.5. The number of ether oxygens (including phenoxy) is 1. The van der Waals surface area contributed by atoms with Crippen molar-refractivity contribution in [2.24, 2.45) is 5.41 Å². The lowest BCUT2D eigenvalue weighted by atomic mass is 9.92. The maximum Gasteiger partial charge on any atom is 0.309 e. The Morgan fingerprint density at radius 1 is 1.32 bits per heavy atom. The van der Waals surface area contributed by atoms with Crippen molar-refractivity contribution in [2.75, 3.05) is 31.8 Å². The Balaban J connectivity index is 0.00000129. The van der Waals surface area contributed by atoms with Gasteiger partial charge in [0, 0.05) is 53.8 Å². The summed E-state index contributed by atoms with van der Waals surface area (Å²) in [5.74, 6) is -0.985. The number of aromatic nitrogens is 1. The number of halogens is 1. The first kappa shape index (κ1) is 36.4. The van der Waals surface area contributed by atoms with Crippen LogP contribution in [0, 0.1) is 5.41 Å². The number of hydrogen-bond acceptors (Lipinski definition) is 8. The highest BCUT2D eigenvalue weighted by Gasteiger charge is 2.34. The van der Waals surface area contributed by atoms with Crippen LogP contribution in [-0.2, 0) is 27.2 Å². The third-order valence-corrected chi connectivity index (χ3v) is 7.22. The summed E-state index contributed by atoms with van der Waals surface area (Å²) < 4.78 is 6.52. The van der Waals surface area contributed by atoms with E-state index in [4.69, 9.17) is 31.7 Å². The number of aliphatic carboxylic acids is 1. The van der Waals surface area contributed by atoms with Gasteiger partial charge in [-0.1, -0.05) is 43.7 Å². The standard InChI is InChI=1S/C26H33ClN2O5S.C3H6O.CH4O/c1-4-5-6-22-20-11-17(27)7-9-21(20)29(15-26(2,3)16-30)24(31)13-19(34-22)8-10-23-28-18(14-35-23)12-25(32)33;1-2-3-4;1-2/h4-5,7,9,11,14,19,22,30H,6,8,10,12-13,15-16H2,1-3H3,(H,32,33);2,4H,1,3H2;2H,1H3/b5-4-;;/t19-,22?;;/m1../s1. The number of fused-ring (bicyclic) bond motifs is 1. The van der Waals surface area contributed by atoms with Crippen molar-refractivity contribution in [3.8, 4) is 0 Å². The summed E-state index contributed by atoms with van der Waals surface area (Å²) in [6, 6.07) is 5.49. The Bertz CT molecular complexity index is 1140. The van der Waals surface area contributed by atoms with Crippen molar-refractivity contribution >= 4 is 40.5 Å². The van der Waals surface area contributed by atoms with Crippen LogP contribution in [0.1, 0.15) is 62.4 Å². The molecule has 1 aliphatic rings. The van der Waals surface area contributed by atoms with E-state index in [2.05, 4.69) is 11.6 Å². The highest BCUT2D eigenvalue weighted by Crippen LogP contribution is 2.39. The second kappa shape index (κ2) is 18.8. The highest BCUT2D eigenvalue weighted by atomic mass is 35.5. The van der Waals surface area contributed by atoms with Crippen molar-refractivity contribution in [3.63, 3.8) is 0 Å². The quantitative estimate of drug-likeness (QED) is 0.261. The summed E-state index contributed by atoms with van der Waals surface area (Å²) in [5.41, 5.74) is 1.66. The van der Waals surface area contributed by atoms with Gasteiger partial charge in [-0.05, 0) is 38.0 Å². The van der Waals surface area contributed by atoms with Gasteiger partial charge in [0.25, 0.3) is 0 Å². The van der Waals surface area contributed by atoms with Gasteiger partial charge in [0.15, 0.2) is 0 Å². The number of anilines is 1. The van der Waals surface area contributed by atoms with E-state index in [1.165, 1.54) is 17.4 Å². The van der Waals surface area contributed by atoms with Gasteiger partial charge in [0.2, 0.25) is 5.91 Å². The number of carbonyl (C=O) groups is 2. The largest absolute Gasteiger partial charge is 0.481 e. The topological polar surface area (TPSA) is 140 Å². The van der Waals surface area contributed by atoms with Crippen LogP contribution >= 0.6 is 22.9 Å². The van der Waals surface area contributed by atoms with Crippen LogP contribution in [0.4, 0.5) is 5.69 Å². The van der Waals surface area contributed by atoms with Crippen LogP contribution in [0.15, 0.2) is 48.4 Å². The Morgan fingerprint density at radius 3 is 2.59 bits per heavy atom. The molecule has 9 nitrogen and oxygen atoms in total. The SMILES string of the molecule is C/C=C\CC1O[C@H](CCc2nc(CC(=O)O)cs2)CC(=O)N(CC(C)(C)CO)c2ccc(Cl)cc21.C=CCO.CO. The lowest BCUT2D eigenvalue weighted by molar-refractivity contribution is -0.136. The first-order valence-electron chi connectivity index (χ1n) is 13.3. The van der Waals surface area contributed by atoms with Gasteiger partial charge in [0.05, 0.1) is 42.4 Å². The Labute approximate surface area is 251 Å². The van der Waals surface area contributed by atoms with E-state index in [0.29, 0.717) is 36.5 Å². The molecule has 228 valence electrons. The van der Waals surface area contributed by atoms with Gasteiger partial charge < -0.3 is 30.1 Å². The molecule has 4 N–H and O–H groups in total. The maximum absolute atomic E-state index is 13.5. The normalized spacial score (nSPS) is 17.0. The summed E-state index contributed by atoms with van der Waals surface area (Å²) in [5, 5.41) is 36.8. The number of aliphatic hydroxyl groups excluding tert-OH is 3. The number of rotatable bonds is 11. The van der Waals surface area contributed by atoms with E-state index in [1.54, 1.807) is 16.3 Å². The van der Waals surface area contributed by atoms with Gasteiger partial charge in [-0.2, -0.15) is 0 Å². The molecule has 0 spiro atoms. The van der Waals surface area contributed by atoms with Crippen molar-refractivity contribution in [1.82, 2.24) is 4.98 Å². The van der Waals surface area contributed by atoms with E-state index in [-0.39, 0.29) is 44.2 Å². The molecule has 1 unspecified atom stereocenters. The molecule has 1 aromatic carbocycles. The van der Waals surface area contributed by atoms with Gasteiger partial charge in [-0.25, -0.2) is 4.98 Å². The fourth-order valence-electron chi connectivity index (χ4n) is 4.07. The lowest BCUT2D eigenvalue weighted by Crippen LogP contribution is -2.44. The van der Waals surface area contributed by atoms with E-state index < -0.39 is 11.4 Å². The summed E-state index contributed by atoms with van der Waals surface area (Å²) in [6.07, 6.45) is 6.68. The molecule has 0 fully saturated rings. The van der Waals surface area contributed by atoms with E-state index in [1.807, 2.05) is 45.1 Å². The third-order valence-electron chi connectivity index (χ3n) is 6.03. The first-order chi connectivity index (χ1) is 19.5. The Hall–Kier alpha value is -2.60. The molecule has 0 bridgehead atoms.